The minimum absolute atomic E-state index is 0.984. The third kappa shape index (κ3) is 1.86. The van der Waals surface area contributed by atoms with Crippen molar-refractivity contribution in [1.82, 2.24) is 9.97 Å². The first-order valence-electron chi connectivity index (χ1n) is 6.01. The van der Waals surface area contributed by atoms with Gasteiger partial charge in [0.2, 0.25) is 0 Å². The lowest BCUT2D eigenvalue weighted by Crippen LogP contribution is -1.86. The van der Waals surface area contributed by atoms with Crippen LogP contribution in [0.25, 0.3) is 22.0 Å². The lowest BCUT2D eigenvalue weighted by molar-refractivity contribution is 1.31. The lowest BCUT2D eigenvalue weighted by Gasteiger charge is -2.06. The number of fused-ring (bicyclic) bond motifs is 1. The molecule has 0 bridgehead atoms. The van der Waals surface area contributed by atoms with E-state index in [1.165, 1.54) is 16.7 Å². The molecule has 0 spiro atoms. The number of hydrogen-bond acceptors (Lipinski definition) is 2. The van der Waals surface area contributed by atoms with Crippen molar-refractivity contribution in [3.8, 4) is 11.1 Å². The zero-order valence-corrected chi connectivity index (χ0v) is 10.5. The normalized spacial score (nSPS) is 10.8. The summed E-state index contributed by atoms with van der Waals surface area (Å²) < 4.78 is 0. The van der Waals surface area contributed by atoms with E-state index in [4.69, 9.17) is 0 Å². The van der Waals surface area contributed by atoms with Gasteiger partial charge in [-0.2, -0.15) is 0 Å². The molecule has 0 unspecified atom stereocenters. The van der Waals surface area contributed by atoms with Gasteiger partial charge in [-0.1, -0.05) is 18.2 Å². The largest absolute Gasteiger partial charge is 0.264 e. The molecule has 0 aliphatic carbocycles. The molecule has 18 heavy (non-hydrogen) atoms. The highest BCUT2D eigenvalue weighted by atomic mass is 14.7. The van der Waals surface area contributed by atoms with Crippen molar-refractivity contribution in [3.63, 3.8) is 0 Å². The zero-order chi connectivity index (χ0) is 12.5. The first-order valence-corrected chi connectivity index (χ1v) is 6.01. The van der Waals surface area contributed by atoms with Gasteiger partial charge in [-0.3, -0.25) is 9.97 Å². The Morgan fingerprint density at radius 3 is 2.56 bits per heavy atom. The molecule has 0 fully saturated rings. The van der Waals surface area contributed by atoms with Crippen LogP contribution in [0.3, 0.4) is 0 Å². The molecule has 2 heterocycles. The van der Waals surface area contributed by atoms with Gasteiger partial charge in [-0.15, -0.1) is 0 Å². The summed E-state index contributed by atoms with van der Waals surface area (Å²) in [7, 11) is 0. The molecule has 0 aliphatic heterocycles. The molecule has 1 aromatic carbocycles. The van der Waals surface area contributed by atoms with Gasteiger partial charge in [-0.25, -0.2) is 0 Å². The van der Waals surface area contributed by atoms with Crippen LogP contribution in [0, 0.1) is 13.8 Å². The van der Waals surface area contributed by atoms with Crippen LogP contribution in [0.15, 0.2) is 48.9 Å². The van der Waals surface area contributed by atoms with Gasteiger partial charge in [0.25, 0.3) is 0 Å². The molecule has 0 atom stereocenters. The third-order valence-corrected chi connectivity index (χ3v) is 3.32. The van der Waals surface area contributed by atoms with Gasteiger partial charge in [0.15, 0.2) is 0 Å². The molecular formula is C16H14N2. The molecular weight excluding hydrogens is 220 g/mol. The van der Waals surface area contributed by atoms with E-state index in [9.17, 15) is 0 Å². The van der Waals surface area contributed by atoms with Gasteiger partial charge in [-0.05, 0) is 42.7 Å². The zero-order valence-electron chi connectivity index (χ0n) is 10.5. The lowest BCUT2D eigenvalue weighted by atomic mass is 10.0. The maximum atomic E-state index is 4.47. The van der Waals surface area contributed by atoms with Gasteiger partial charge >= 0.3 is 0 Å². The van der Waals surface area contributed by atoms with Crippen molar-refractivity contribution < 1.29 is 0 Å². The Morgan fingerprint density at radius 2 is 1.72 bits per heavy atom. The molecule has 2 heteroatoms. The van der Waals surface area contributed by atoms with Crippen molar-refractivity contribution >= 4 is 10.9 Å². The highest BCUT2D eigenvalue weighted by Gasteiger charge is 2.02. The Bertz CT molecular complexity index is 717. The van der Waals surface area contributed by atoms with E-state index in [2.05, 4.69) is 48.1 Å². The quantitative estimate of drug-likeness (QED) is 0.638. The maximum Gasteiger partial charge on any atom is 0.0733 e. The SMILES string of the molecule is Cc1ccc(-c2cnc3ccncc3c2)cc1C. The van der Waals surface area contributed by atoms with Crippen molar-refractivity contribution in [2.24, 2.45) is 0 Å². The van der Waals surface area contributed by atoms with Crippen LogP contribution in [0.1, 0.15) is 11.1 Å². The predicted molar refractivity (Wildman–Crippen MR) is 74.4 cm³/mol. The highest BCUT2D eigenvalue weighted by molar-refractivity contribution is 5.82. The number of aromatic nitrogens is 2. The fourth-order valence-electron chi connectivity index (χ4n) is 2.05. The molecule has 0 aliphatic rings. The summed E-state index contributed by atoms with van der Waals surface area (Å²) in [6, 6.07) is 10.6. The molecule has 0 saturated heterocycles. The van der Waals surface area contributed by atoms with E-state index in [0.717, 1.165) is 16.5 Å². The fraction of sp³-hybridized carbons (Fsp3) is 0.125. The third-order valence-electron chi connectivity index (χ3n) is 3.32. The standard InChI is InChI=1S/C16H14N2/c1-11-3-4-13(7-12(11)2)14-8-15-9-17-6-5-16(15)18-10-14/h3-10H,1-2H3. The number of pyridine rings is 2. The van der Waals surface area contributed by atoms with Gasteiger partial charge in [0, 0.05) is 29.5 Å². The van der Waals surface area contributed by atoms with Gasteiger partial charge in [0.05, 0.1) is 5.52 Å². The molecule has 88 valence electrons. The average molecular weight is 234 g/mol. The second-order valence-electron chi connectivity index (χ2n) is 4.59. The molecule has 0 saturated carbocycles. The summed E-state index contributed by atoms with van der Waals surface area (Å²) in [5, 5.41) is 1.08. The Morgan fingerprint density at radius 1 is 0.833 bits per heavy atom. The van der Waals surface area contributed by atoms with E-state index >= 15 is 0 Å². The molecule has 3 aromatic rings. The minimum atomic E-state index is 0.984. The topological polar surface area (TPSA) is 25.8 Å². The van der Waals surface area contributed by atoms with E-state index in [1.807, 2.05) is 18.5 Å². The summed E-state index contributed by atoms with van der Waals surface area (Å²) in [5.74, 6) is 0. The molecule has 0 amide bonds. The van der Waals surface area contributed by atoms with Crippen molar-refractivity contribution in [2.75, 3.05) is 0 Å². The molecule has 0 radical (unpaired) electrons. The van der Waals surface area contributed by atoms with E-state index in [1.54, 1.807) is 6.20 Å². The fourth-order valence-corrected chi connectivity index (χ4v) is 2.05. The monoisotopic (exact) mass is 234 g/mol. The smallest absolute Gasteiger partial charge is 0.0733 e. The highest BCUT2D eigenvalue weighted by Crippen LogP contribution is 2.24. The molecule has 2 aromatic heterocycles. The number of hydrogen-bond donors (Lipinski definition) is 0. The second kappa shape index (κ2) is 4.22. The van der Waals surface area contributed by atoms with E-state index in [0.29, 0.717) is 0 Å². The Labute approximate surface area is 106 Å². The van der Waals surface area contributed by atoms with Crippen LogP contribution >= 0.6 is 0 Å². The first kappa shape index (κ1) is 10.9. The second-order valence-corrected chi connectivity index (χ2v) is 4.59. The van der Waals surface area contributed by atoms with Crippen molar-refractivity contribution in [3.05, 3.63) is 60.0 Å². The number of aryl methyl sites for hydroxylation is 2. The summed E-state index contributed by atoms with van der Waals surface area (Å²) in [6.45, 7) is 4.26. The summed E-state index contributed by atoms with van der Waals surface area (Å²) in [4.78, 5) is 8.61. The number of nitrogens with zero attached hydrogens (tertiary/aromatic N) is 2. The van der Waals surface area contributed by atoms with Gasteiger partial charge < -0.3 is 0 Å². The molecule has 3 rings (SSSR count). The van der Waals surface area contributed by atoms with E-state index in [-0.39, 0.29) is 0 Å². The van der Waals surface area contributed by atoms with Crippen molar-refractivity contribution in [2.45, 2.75) is 13.8 Å². The van der Waals surface area contributed by atoms with Crippen LogP contribution in [-0.2, 0) is 0 Å². The number of rotatable bonds is 1. The van der Waals surface area contributed by atoms with Crippen LogP contribution < -0.4 is 0 Å². The number of benzene rings is 1. The summed E-state index contributed by atoms with van der Waals surface area (Å²) in [5.41, 5.74) is 5.94. The maximum absolute atomic E-state index is 4.47. The van der Waals surface area contributed by atoms with E-state index < -0.39 is 0 Å². The predicted octanol–water partition coefficient (Wildman–Crippen LogP) is 3.91. The van der Waals surface area contributed by atoms with Crippen LogP contribution in [0.5, 0.6) is 0 Å². The Hall–Kier alpha value is -2.22. The molecule has 0 N–H and O–H groups in total. The first-order chi connectivity index (χ1) is 8.74. The van der Waals surface area contributed by atoms with Crippen LogP contribution in [0.4, 0.5) is 0 Å². The average Bonchev–Trinajstić information content (AvgIpc) is 2.41. The van der Waals surface area contributed by atoms with Crippen LogP contribution in [-0.4, -0.2) is 9.97 Å². The Kier molecular flexibility index (Phi) is 2.56. The van der Waals surface area contributed by atoms with Crippen molar-refractivity contribution in [1.29, 1.82) is 0 Å². The Balaban J connectivity index is 2.16. The summed E-state index contributed by atoms with van der Waals surface area (Å²) in [6.07, 6.45) is 5.55. The molecule has 2 nitrogen and oxygen atoms in total. The minimum Gasteiger partial charge on any atom is -0.264 e. The summed E-state index contributed by atoms with van der Waals surface area (Å²) >= 11 is 0. The van der Waals surface area contributed by atoms with Gasteiger partial charge in [0.1, 0.15) is 0 Å². The van der Waals surface area contributed by atoms with Crippen LogP contribution in [0.2, 0.25) is 0 Å².